The van der Waals surface area contributed by atoms with Crippen molar-refractivity contribution in [2.75, 3.05) is 13.6 Å². The highest BCUT2D eigenvalue weighted by Crippen LogP contribution is 2.19. The van der Waals surface area contributed by atoms with Gasteiger partial charge in [0.2, 0.25) is 15.9 Å². The molecular weight excluding hydrogens is 315 g/mol. The van der Waals surface area contributed by atoms with Crippen LogP contribution in [-0.2, 0) is 14.8 Å². The number of amides is 1. The van der Waals surface area contributed by atoms with E-state index < -0.39 is 28.3 Å². The van der Waals surface area contributed by atoms with Gasteiger partial charge in [0.15, 0.2) is 0 Å². The van der Waals surface area contributed by atoms with Crippen LogP contribution < -0.4 is 10.0 Å². The number of carbonyl (C=O) groups is 1. The first-order chi connectivity index (χ1) is 7.86. The number of carbonyl (C=O) groups excluding carboxylic acids is 1. The number of nitrogens with one attached hydrogen (secondary N) is 2. The van der Waals surface area contributed by atoms with Gasteiger partial charge in [-0.3, -0.25) is 4.79 Å². The van der Waals surface area contributed by atoms with Crippen LogP contribution in [0.25, 0.3) is 0 Å². The summed E-state index contributed by atoms with van der Waals surface area (Å²) in [4.78, 5) is 10.7. The molecule has 0 unspecified atom stereocenters. The van der Waals surface area contributed by atoms with Crippen LogP contribution in [0.15, 0.2) is 27.6 Å². The Morgan fingerprint density at radius 1 is 1.47 bits per heavy atom. The molecule has 1 amide bonds. The van der Waals surface area contributed by atoms with Gasteiger partial charge in [0.1, 0.15) is 5.82 Å². The summed E-state index contributed by atoms with van der Waals surface area (Å²) in [5, 5.41) is 2.26. The molecule has 5 nitrogen and oxygen atoms in total. The van der Waals surface area contributed by atoms with E-state index in [0.29, 0.717) is 0 Å². The summed E-state index contributed by atoms with van der Waals surface area (Å²) in [7, 11) is -2.49. The number of halogens is 2. The number of sulfonamides is 1. The fraction of sp³-hybridized carbons (Fsp3) is 0.222. The van der Waals surface area contributed by atoms with Gasteiger partial charge >= 0.3 is 0 Å². The molecule has 94 valence electrons. The zero-order valence-electron chi connectivity index (χ0n) is 8.83. The highest BCUT2D eigenvalue weighted by atomic mass is 79.9. The number of hydrogen-bond donors (Lipinski definition) is 2. The van der Waals surface area contributed by atoms with Crippen molar-refractivity contribution in [2.24, 2.45) is 0 Å². The molecule has 0 saturated carbocycles. The van der Waals surface area contributed by atoms with Crippen LogP contribution in [-0.4, -0.2) is 27.9 Å². The van der Waals surface area contributed by atoms with Crippen molar-refractivity contribution >= 4 is 31.9 Å². The maximum atomic E-state index is 13.2. The molecule has 0 spiro atoms. The van der Waals surface area contributed by atoms with Crippen molar-refractivity contribution in [1.82, 2.24) is 10.0 Å². The van der Waals surface area contributed by atoms with Crippen LogP contribution >= 0.6 is 15.9 Å². The standard InChI is InChI=1S/C9H10BrFN2O3S/c1-12-9(14)5-13-17(15,16)6-2-3-7(10)8(11)4-6/h2-4,13H,5H2,1H3,(H,12,14). The lowest BCUT2D eigenvalue weighted by atomic mass is 10.3. The Bertz CT molecular complexity index is 533. The molecule has 0 bridgehead atoms. The molecule has 1 aromatic carbocycles. The molecule has 8 heteroatoms. The van der Waals surface area contributed by atoms with Gasteiger partial charge in [-0.15, -0.1) is 0 Å². The van der Waals surface area contributed by atoms with Crippen molar-refractivity contribution < 1.29 is 17.6 Å². The van der Waals surface area contributed by atoms with E-state index in [2.05, 4.69) is 26.0 Å². The van der Waals surface area contributed by atoms with Crippen molar-refractivity contribution in [3.63, 3.8) is 0 Å². The third kappa shape index (κ3) is 3.76. The van der Waals surface area contributed by atoms with E-state index in [1.54, 1.807) is 0 Å². The molecule has 0 heterocycles. The summed E-state index contributed by atoms with van der Waals surface area (Å²) in [6.07, 6.45) is 0. The summed E-state index contributed by atoms with van der Waals surface area (Å²) in [5.41, 5.74) is 0. The second kappa shape index (κ2) is 5.56. The van der Waals surface area contributed by atoms with Crippen LogP contribution in [0.1, 0.15) is 0 Å². The lowest BCUT2D eigenvalue weighted by molar-refractivity contribution is -0.119. The van der Waals surface area contributed by atoms with Crippen molar-refractivity contribution in [3.05, 3.63) is 28.5 Å². The largest absolute Gasteiger partial charge is 0.358 e. The quantitative estimate of drug-likeness (QED) is 0.852. The smallest absolute Gasteiger partial charge is 0.241 e. The fourth-order valence-electron chi connectivity index (χ4n) is 0.976. The van der Waals surface area contributed by atoms with Gasteiger partial charge in [-0.1, -0.05) is 0 Å². The highest BCUT2D eigenvalue weighted by molar-refractivity contribution is 9.10. The molecule has 0 aromatic heterocycles. The molecule has 1 aromatic rings. The first kappa shape index (κ1) is 14.1. The number of likely N-dealkylation sites (N-methyl/N-ethyl adjacent to an activating group) is 1. The van der Waals surface area contributed by atoms with Crippen LogP contribution in [0.4, 0.5) is 4.39 Å². The SMILES string of the molecule is CNC(=O)CNS(=O)(=O)c1ccc(Br)c(F)c1. The predicted octanol–water partition coefficient (Wildman–Crippen LogP) is 0.612. The summed E-state index contributed by atoms with van der Waals surface area (Å²) in [5.74, 6) is -1.17. The number of benzene rings is 1. The second-order valence-electron chi connectivity index (χ2n) is 3.07. The van der Waals surface area contributed by atoms with Crippen LogP contribution in [0.5, 0.6) is 0 Å². The molecule has 2 N–H and O–H groups in total. The fourth-order valence-corrected chi connectivity index (χ4v) is 2.22. The van der Waals surface area contributed by atoms with Gasteiger partial charge in [0.25, 0.3) is 0 Å². The van der Waals surface area contributed by atoms with Gasteiger partial charge < -0.3 is 5.32 Å². The third-order valence-electron chi connectivity index (χ3n) is 1.90. The molecule has 0 atom stereocenters. The Balaban J connectivity index is 2.90. The third-order valence-corrected chi connectivity index (χ3v) is 3.94. The maximum Gasteiger partial charge on any atom is 0.241 e. The monoisotopic (exact) mass is 324 g/mol. The lowest BCUT2D eigenvalue weighted by Crippen LogP contribution is -2.35. The molecule has 0 radical (unpaired) electrons. The zero-order chi connectivity index (χ0) is 13.1. The molecule has 17 heavy (non-hydrogen) atoms. The first-order valence-corrected chi connectivity index (χ1v) is 6.79. The Hall–Kier alpha value is -0.990. The van der Waals surface area contributed by atoms with Gasteiger partial charge in [-0.2, -0.15) is 0 Å². The van der Waals surface area contributed by atoms with E-state index in [0.717, 1.165) is 6.07 Å². The highest BCUT2D eigenvalue weighted by Gasteiger charge is 2.16. The van der Waals surface area contributed by atoms with Crippen molar-refractivity contribution in [3.8, 4) is 0 Å². The van der Waals surface area contributed by atoms with Crippen LogP contribution in [0.3, 0.4) is 0 Å². The first-order valence-electron chi connectivity index (χ1n) is 4.52. The summed E-state index contributed by atoms with van der Waals surface area (Å²) in [6, 6.07) is 3.39. The average Bonchev–Trinajstić information content (AvgIpc) is 2.29. The lowest BCUT2D eigenvalue weighted by Gasteiger charge is -2.06. The van der Waals surface area contributed by atoms with Crippen molar-refractivity contribution in [1.29, 1.82) is 0 Å². The van der Waals surface area contributed by atoms with E-state index >= 15 is 0 Å². The van der Waals surface area contributed by atoms with Gasteiger partial charge in [-0.25, -0.2) is 17.5 Å². The van der Waals surface area contributed by atoms with E-state index in [4.69, 9.17) is 0 Å². The average molecular weight is 325 g/mol. The summed E-state index contributed by atoms with van der Waals surface area (Å²) < 4.78 is 38.7. The normalized spacial score (nSPS) is 11.2. The molecule has 0 aliphatic carbocycles. The Kier molecular flexibility index (Phi) is 4.61. The van der Waals surface area contributed by atoms with E-state index in [1.165, 1.54) is 19.2 Å². The second-order valence-corrected chi connectivity index (χ2v) is 5.69. The van der Waals surface area contributed by atoms with Crippen LogP contribution in [0, 0.1) is 5.82 Å². The maximum absolute atomic E-state index is 13.2. The summed E-state index contributed by atoms with van der Waals surface area (Å²) >= 11 is 2.92. The molecular formula is C9H10BrFN2O3S. The Morgan fingerprint density at radius 2 is 2.12 bits per heavy atom. The Morgan fingerprint density at radius 3 is 2.65 bits per heavy atom. The number of rotatable bonds is 4. The van der Waals surface area contributed by atoms with Gasteiger partial charge in [-0.05, 0) is 34.1 Å². The Labute approximate surface area is 107 Å². The predicted molar refractivity (Wildman–Crippen MR) is 63.4 cm³/mol. The van der Waals surface area contributed by atoms with E-state index in [-0.39, 0.29) is 9.37 Å². The van der Waals surface area contributed by atoms with Crippen LogP contribution in [0.2, 0.25) is 0 Å². The van der Waals surface area contributed by atoms with E-state index in [1.807, 2.05) is 0 Å². The van der Waals surface area contributed by atoms with Gasteiger partial charge in [0, 0.05) is 7.05 Å². The minimum Gasteiger partial charge on any atom is -0.358 e. The molecule has 0 aliphatic heterocycles. The molecule has 0 saturated heterocycles. The topological polar surface area (TPSA) is 75.3 Å². The zero-order valence-corrected chi connectivity index (χ0v) is 11.2. The molecule has 1 rings (SSSR count). The minimum absolute atomic E-state index is 0.169. The van der Waals surface area contributed by atoms with E-state index in [9.17, 15) is 17.6 Å². The van der Waals surface area contributed by atoms with Gasteiger partial charge in [0.05, 0.1) is 15.9 Å². The van der Waals surface area contributed by atoms with Crippen molar-refractivity contribution in [2.45, 2.75) is 4.90 Å². The molecule has 0 fully saturated rings. The minimum atomic E-state index is -3.88. The molecule has 0 aliphatic rings. The number of hydrogen-bond acceptors (Lipinski definition) is 3. The summed E-state index contributed by atoms with van der Waals surface area (Å²) in [6.45, 7) is -0.392.